The van der Waals surface area contributed by atoms with Crippen LogP contribution < -0.4 is 40.2 Å². The predicted octanol–water partition coefficient (Wildman–Crippen LogP) is 8.03. The summed E-state index contributed by atoms with van der Waals surface area (Å²) in [5.74, 6) is -1.78. The van der Waals surface area contributed by atoms with E-state index in [2.05, 4.69) is 30.7 Å². The molecule has 418 valence electrons. The second-order valence-electron chi connectivity index (χ2n) is 17.6. The van der Waals surface area contributed by atoms with E-state index in [1.54, 1.807) is 38.1 Å². The number of ether oxygens (including phenoxy) is 6. The van der Waals surface area contributed by atoms with Crippen LogP contribution in [0.1, 0.15) is 71.3 Å². The van der Waals surface area contributed by atoms with E-state index in [0.717, 1.165) is 34.4 Å². The number of unbranched alkanes of at least 4 members (excludes halogenated alkanes) is 1. The highest BCUT2D eigenvalue weighted by atomic mass is 35.5. The normalized spacial score (nSPS) is 15.1. The first-order chi connectivity index (χ1) is 36.3. The van der Waals surface area contributed by atoms with Crippen molar-refractivity contribution in [2.24, 2.45) is 0 Å². The minimum Gasteiger partial charge on any atom is -0.483 e. The van der Waals surface area contributed by atoms with Gasteiger partial charge in [-0.05, 0) is 134 Å². The summed E-state index contributed by atoms with van der Waals surface area (Å²) in [4.78, 5) is 23.7. The molecular formula is C50H62Cl4F2N6O12S2. The number of halogens is 6. The third-order valence-electron chi connectivity index (χ3n) is 12.0. The summed E-state index contributed by atoms with van der Waals surface area (Å²) in [5, 5.41) is 12.7. The Balaban J connectivity index is 0.700. The molecule has 6 N–H and O–H groups in total. The van der Waals surface area contributed by atoms with Crippen LogP contribution in [0.5, 0.6) is 11.5 Å². The summed E-state index contributed by atoms with van der Waals surface area (Å²) in [5.41, 5.74) is 3.96. The smallest absolute Gasteiger partial charge is 0.314 e. The molecule has 0 heterocycles. The van der Waals surface area contributed by atoms with Gasteiger partial charge in [-0.1, -0.05) is 46.4 Å². The first-order valence-electron chi connectivity index (χ1n) is 24.6. The Labute approximate surface area is 461 Å². The Morgan fingerprint density at radius 1 is 0.513 bits per heavy atom. The van der Waals surface area contributed by atoms with Crippen molar-refractivity contribution < 1.29 is 63.6 Å². The average molecular weight is 1180 g/mol. The third-order valence-corrected chi connectivity index (χ3v) is 16.3. The van der Waals surface area contributed by atoms with Crippen LogP contribution in [0.2, 0.25) is 20.1 Å². The predicted molar refractivity (Wildman–Crippen MR) is 284 cm³/mol. The van der Waals surface area contributed by atoms with Crippen LogP contribution in [0.3, 0.4) is 0 Å². The summed E-state index contributed by atoms with van der Waals surface area (Å²) in [6.07, 6.45) is 2.73. The molecule has 0 saturated heterocycles. The first-order valence-corrected chi connectivity index (χ1v) is 29.0. The Morgan fingerprint density at radius 2 is 0.868 bits per heavy atom. The first kappa shape index (κ1) is 60.9. The van der Waals surface area contributed by atoms with E-state index in [1.807, 2.05) is 0 Å². The van der Waals surface area contributed by atoms with Gasteiger partial charge < -0.3 is 49.7 Å². The van der Waals surface area contributed by atoms with Gasteiger partial charge in [0.25, 0.3) is 0 Å². The summed E-state index contributed by atoms with van der Waals surface area (Å²) in [6, 6.07) is 10.6. The Morgan fingerprint density at radius 3 is 1.25 bits per heavy atom. The van der Waals surface area contributed by atoms with Crippen molar-refractivity contribution in [1.29, 1.82) is 0 Å². The fourth-order valence-electron chi connectivity index (χ4n) is 8.34. The molecule has 0 fully saturated rings. The number of amides is 4. The molecule has 4 amide bonds. The van der Waals surface area contributed by atoms with E-state index in [4.69, 9.17) is 74.8 Å². The summed E-state index contributed by atoms with van der Waals surface area (Å²) in [6.45, 7) is 5.55. The number of carbonyl (C=O) groups excluding carboxylic acids is 2. The lowest BCUT2D eigenvalue weighted by Gasteiger charge is -2.18. The topological polar surface area (TPSA) is 230 Å². The number of benzene rings is 4. The zero-order valence-corrected chi connectivity index (χ0v) is 46.6. The molecule has 18 nitrogen and oxygen atoms in total. The van der Waals surface area contributed by atoms with Crippen molar-refractivity contribution >= 4 is 78.5 Å². The minimum absolute atomic E-state index is 0.0421. The summed E-state index contributed by atoms with van der Waals surface area (Å²) >= 11 is 24.9. The number of sulfonamides is 2. The number of urea groups is 2. The van der Waals surface area contributed by atoms with Gasteiger partial charge in [0.05, 0.1) is 62.6 Å². The highest BCUT2D eigenvalue weighted by Crippen LogP contribution is 2.43. The molecule has 26 heteroatoms. The largest absolute Gasteiger partial charge is 0.483 e. The van der Waals surface area contributed by atoms with E-state index in [-0.39, 0.29) is 112 Å². The van der Waals surface area contributed by atoms with Gasteiger partial charge in [0.2, 0.25) is 20.0 Å². The number of nitrogens with one attached hydrogen (secondary N) is 6. The Bertz CT molecular complexity index is 2690. The number of carbonyl (C=O) groups is 2. The lowest BCUT2D eigenvalue weighted by molar-refractivity contribution is 0.0516. The van der Waals surface area contributed by atoms with Gasteiger partial charge in [0.15, 0.2) is 23.1 Å². The maximum absolute atomic E-state index is 15.1. The van der Waals surface area contributed by atoms with E-state index >= 15 is 8.78 Å². The van der Waals surface area contributed by atoms with Crippen molar-refractivity contribution in [2.75, 3.05) is 92.1 Å². The van der Waals surface area contributed by atoms with E-state index in [0.29, 0.717) is 82.8 Å². The second kappa shape index (κ2) is 29.6. The van der Waals surface area contributed by atoms with E-state index in [1.165, 1.54) is 12.1 Å². The van der Waals surface area contributed by atoms with Gasteiger partial charge in [0.1, 0.15) is 12.2 Å². The van der Waals surface area contributed by atoms with Crippen molar-refractivity contribution in [2.45, 2.75) is 74.4 Å². The van der Waals surface area contributed by atoms with Crippen LogP contribution in [0.4, 0.5) is 18.4 Å². The zero-order chi connectivity index (χ0) is 54.8. The number of fused-ring (bicyclic) bond motifs is 2. The maximum Gasteiger partial charge on any atom is 0.314 e. The van der Waals surface area contributed by atoms with Gasteiger partial charge in [-0.25, -0.2) is 44.6 Å². The molecule has 6 rings (SSSR count). The molecule has 0 bridgehead atoms. The van der Waals surface area contributed by atoms with E-state index in [9.17, 15) is 26.4 Å². The molecule has 0 saturated carbocycles. The van der Waals surface area contributed by atoms with E-state index < -0.39 is 43.9 Å². The van der Waals surface area contributed by atoms with Gasteiger partial charge in [-0.3, -0.25) is 0 Å². The molecular weight excluding hydrogens is 1120 g/mol. The Kier molecular flexibility index (Phi) is 23.7. The molecule has 0 spiro atoms. The van der Waals surface area contributed by atoms with Crippen LogP contribution in [0.15, 0.2) is 58.3 Å². The fourth-order valence-corrected chi connectivity index (χ4v) is 12.0. The molecule has 2 aliphatic carbocycles. The SMILES string of the molecule is Cc1cc(O[C@@H]2CCc3c(Cl)cc(Cl)cc32)c(F)cc1S(=O)(=O)NCCOCCOCCNC(=O)NCCCCNC(=O)NCCOCCOCCNS(=O)(=O)c1cc(F)c(O[C@@H]2CCc3c(Cl)cc(Cl)cc32)cc1C. The number of rotatable bonds is 31. The lowest BCUT2D eigenvalue weighted by Crippen LogP contribution is -2.39. The highest BCUT2D eigenvalue weighted by molar-refractivity contribution is 7.89. The molecule has 0 radical (unpaired) electrons. The van der Waals surface area contributed by atoms with Crippen molar-refractivity contribution in [3.05, 3.63) is 114 Å². The lowest BCUT2D eigenvalue weighted by atomic mass is 10.1. The van der Waals surface area contributed by atoms with Gasteiger partial charge in [0, 0.05) is 59.4 Å². The monoisotopic (exact) mass is 1180 g/mol. The maximum atomic E-state index is 15.1. The number of hydrogen-bond acceptors (Lipinski definition) is 12. The quantitative estimate of drug-likeness (QED) is 0.0263. The Hall–Kier alpha value is -4.30. The summed E-state index contributed by atoms with van der Waals surface area (Å²) in [7, 11) is -8.11. The van der Waals surface area contributed by atoms with Gasteiger partial charge in [-0.15, -0.1) is 0 Å². The van der Waals surface area contributed by atoms with Gasteiger partial charge >= 0.3 is 12.1 Å². The highest BCUT2D eigenvalue weighted by Gasteiger charge is 2.30. The van der Waals surface area contributed by atoms with Crippen LogP contribution in [-0.4, -0.2) is 121 Å². The summed E-state index contributed by atoms with van der Waals surface area (Å²) < 4.78 is 121. The molecule has 76 heavy (non-hydrogen) atoms. The minimum atomic E-state index is -4.05. The third kappa shape index (κ3) is 18.1. The van der Waals surface area contributed by atoms with Crippen LogP contribution in [-0.2, 0) is 51.8 Å². The molecule has 0 aliphatic heterocycles. The molecule has 0 aromatic heterocycles. The van der Waals surface area contributed by atoms with Crippen LogP contribution in [0.25, 0.3) is 0 Å². The molecule has 4 aromatic carbocycles. The zero-order valence-electron chi connectivity index (χ0n) is 41.9. The molecule has 2 aliphatic rings. The van der Waals surface area contributed by atoms with Gasteiger partial charge in [-0.2, -0.15) is 0 Å². The van der Waals surface area contributed by atoms with Crippen molar-refractivity contribution in [1.82, 2.24) is 30.7 Å². The molecule has 2 atom stereocenters. The molecule has 4 aromatic rings. The number of aryl methyl sites for hydroxylation is 2. The van der Waals surface area contributed by atoms with Crippen LogP contribution >= 0.6 is 46.4 Å². The van der Waals surface area contributed by atoms with Crippen molar-refractivity contribution in [3.63, 3.8) is 0 Å². The standard InChI is InChI=1S/C50H62Cl4F2N6O12S2/c1-31-23-45(73-43-7-5-35-37(43)25-33(51)27-39(35)53)41(55)29-47(31)75(65,66)61-13-17-71-21-19-69-15-11-59-49(63)57-9-3-4-10-58-50(64)60-12-16-70-20-22-72-18-14-62-76(67,68)48-30-42(56)46(24-32(48)2)74-44-8-6-36-38(44)26-34(52)28-40(36)54/h23-30,43-44,61-62H,3-22H2,1-2H3,(H2,57,59,63)(H2,58,60,64)/t43-,44-/m1/s1. The number of hydrogen-bond donors (Lipinski definition) is 6. The second-order valence-corrected chi connectivity index (χ2v) is 22.8. The van der Waals surface area contributed by atoms with Crippen molar-refractivity contribution in [3.8, 4) is 11.5 Å². The van der Waals surface area contributed by atoms with Crippen LogP contribution in [0, 0.1) is 25.5 Å². The molecule has 0 unspecified atom stereocenters. The fraction of sp³-hybridized carbons (Fsp3) is 0.480. The average Bonchev–Trinajstić information content (AvgIpc) is 3.96.